The molecule has 0 saturated carbocycles. The molecule has 0 radical (unpaired) electrons. The predicted molar refractivity (Wildman–Crippen MR) is 62.0 cm³/mol. The van der Waals surface area contributed by atoms with Crippen LogP contribution in [0.1, 0.15) is 5.56 Å². The number of hydrogen-bond acceptors (Lipinski definition) is 5. The molecule has 1 aromatic rings. The van der Waals surface area contributed by atoms with Gasteiger partial charge in [0.25, 0.3) is 0 Å². The lowest BCUT2D eigenvalue weighted by Crippen LogP contribution is -2.32. The summed E-state index contributed by atoms with van der Waals surface area (Å²) in [6.07, 6.45) is -1.15. The van der Waals surface area contributed by atoms with Gasteiger partial charge in [0.15, 0.2) is 11.5 Å². The molecular formula is C10H12BNO6. The Hall–Kier alpha value is -1.93. The van der Waals surface area contributed by atoms with Crippen molar-refractivity contribution in [2.75, 3.05) is 13.2 Å². The van der Waals surface area contributed by atoms with Gasteiger partial charge < -0.3 is 29.9 Å². The molecule has 1 aliphatic heterocycles. The summed E-state index contributed by atoms with van der Waals surface area (Å²) in [6.45, 7) is 0.374. The molecule has 2 rings (SSSR count). The summed E-state index contributed by atoms with van der Waals surface area (Å²) in [5.41, 5.74) is 1.13. The third kappa shape index (κ3) is 2.49. The molecule has 0 spiro atoms. The minimum Gasteiger partial charge on any atom is -0.504 e. The van der Waals surface area contributed by atoms with Gasteiger partial charge in [-0.25, -0.2) is 4.79 Å². The summed E-state index contributed by atoms with van der Waals surface area (Å²) >= 11 is 0. The molecule has 96 valence electrons. The van der Waals surface area contributed by atoms with Gasteiger partial charge in [0.2, 0.25) is 0 Å². The number of carbonyl (C=O) groups is 1. The number of phenols is 1. The number of phenolic OH excluding ortho intramolecular Hbond substituents is 1. The van der Waals surface area contributed by atoms with Crippen molar-refractivity contribution in [3.05, 3.63) is 17.7 Å². The molecule has 1 aliphatic rings. The maximum atomic E-state index is 10.2. The van der Waals surface area contributed by atoms with Crippen molar-refractivity contribution in [2.45, 2.75) is 6.61 Å². The molecule has 0 bridgehead atoms. The molecule has 0 unspecified atom stereocenters. The van der Waals surface area contributed by atoms with Gasteiger partial charge in [-0.3, -0.25) is 0 Å². The fraction of sp³-hybridized carbons (Fsp3) is 0.300. The van der Waals surface area contributed by atoms with Gasteiger partial charge >= 0.3 is 13.2 Å². The van der Waals surface area contributed by atoms with Crippen LogP contribution in [0.5, 0.6) is 11.5 Å². The minimum absolute atomic E-state index is 0.0447. The van der Waals surface area contributed by atoms with Crippen LogP contribution in [0, 0.1) is 0 Å². The molecule has 0 aromatic heterocycles. The maximum Gasteiger partial charge on any atom is 0.495 e. The molecule has 0 saturated heterocycles. The quantitative estimate of drug-likeness (QED) is 0.415. The SMILES string of the molecule is O=C(O)NCCOc1c(O)ccc2c1B(O)OC2. The van der Waals surface area contributed by atoms with Crippen LogP contribution < -0.4 is 15.5 Å². The normalized spacial score (nSPS) is 13.3. The van der Waals surface area contributed by atoms with E-state index in [0.29, 0.717) is 5.46 Å². The van der Waals surface area contributed by atoms with E-state index in [2.05, 4.69) is 5.32 Å². The fourth-order valence-electron chi connectivity index (χ4n) is 1.74. The van der Waals surface area contributed by atoms with Crippen LogP contribution >= 0.6 is 0 Å². The average molecular weight is 253 g/mol. The number of ether oxygens (including phenoxy) is 1. The van der Waals surface area contributed by atoms with Crippen molar-refractivity contribution in [3.63, 3.8) is 0 Å². The number of benzene rings is 1. The van der Waals surface area contributed by atoms with Crippen molar-refractivity contribution < 1.29 is 29.4 Å². The standard InChI is InChI=1S/C10H12BNO6/c13-7-2-1-6-5-18-11(16)8(6)9(7)17-4-3-12-10(14)15/h1-2,12-13,16H,3-5H2,(H,14,15). The highest BCUT2D eigenvalue weighted by atomic mass is 16.5. The summed E-state index contributed by atoms with van der Waals surface area (Å²) in [5.74, 6) is 0.0123. The molecule has 1 heterocycles. The number of aromatic hydroxyl groups is 1. The predicted octanol–water partition coefficient (Wildman–Crippen LogP) is -0.744. The van der Waals surface area contributed by atoms with E-state index in [-0.39, 0.29) is 31.3 Å². The number of nitrogens with one attached hydrogen (secondary N) is 1. The molecule has 0 fully saturated rings. The summed E-state index contributed by atoms with van der Waals surface area (Å²) < 4.78 is 10.3. The highest BCUT2D eigenvalue weighted by molar-refractivity contribution is 6.62. The van der Waals surface area contributed by atoms with Crippen molar-refractivity contribution in [2.24, 2.45) is 0 Å². The van der Waals surface area contributed by atoms with E-state index in [0.717, 1.165) is 5.56 Å². The van der Waals surface area contributed by atoms with Gasteiger partial charge in [-0.2, -0.15) is 0 Å². The summed E-state index contributed by atoms with van der Waals surface area (Å²) in [6, 6.07) is 3.09. The molecule has 8 heteroatoms. The number of carboxylic acid groups (broad SMARTS) is 1. The first-order valence-electron chi connectivity index (χ1n) is 5.33. The largest absolute Gasteiger partial charge is 0.504 e. The first-order valence-corrected chi connectivity index (χ1v) is 5.33. The Bertz CT molecular complexity index is 466. The van der Waals surface area contributed by atoms with Crippen molar-refractivity contribution in [1.82, 2.24) is 5.32 Å². The van der Waals surface area contributed by atoms with Crippen LogP contribution in [-0.2, 0) is 11.3 Å². The zero-order valence-corrected chi connectivity index (χ0v) is 9.42. The Kier molecular flexibility index (Phi) is 3.59. The van der Waals surface area contributed by atoms with Gasteiger partial charge in [0, 0.05) is 5.46 Å². The van der Waals surface area contributed by atoms with Crippen LogP contribution in [0.4, 0.5) is 4.79 Å². The Morgan fingerprint density at radius 1 is 1.56 bits per heavy atom. The topological polar surface area (TPSA) is 108 Å². The minimum atomic E-state index is -1.15. The smallest absolute Gasteiger partial charge is 0.495 e. The third-order valence-corrected chi connectivity index (χ3v) is 2.53. The number of hydrogen-bond donors (Lipinski definition) is 4. The first-order chi connectivity index (χ1) is 8.59. The second kappa shape index (κ2) is 5.15. The van der Waals surface area contributed by atoms with Crippen LogP contribution in [0.25, 0.3) is 0 Å². The van der Waals surface area contributed by atoms with E-state index < -0.39 is 13.2 Å². The van der Waals surface area contributed by atoms with Gasteiger partial charge in [-0.05, 0) is 11.6 Å². The van der Waals surface area contributed by atoms with E-state index in [1.54, 1.807) is 6.07 Å². The molecule has 0 aliphatic carbocycles. The summed E-state index contributed by atoms with van der Waals surface area (Å²) in [5, 5.41) is 29.8. The van der Waals surface area contributed by atoms with E-state index in [1.807, 2.05) is 0 Å². The molecule has 4 N–H and O–H groups in total. The Morgan fingerprint density at radius 2 is 2.33 bits per heavy atom. The lowest BCUT2D eigenvalue weighted by atomic mass is 9.78. The maximum absolute atomic E-state index is 10.2. The van der Waals surface area contributed by atoms with Gasteiger partial charge in [-0.15, -0.1) is 0 Å². The third-order valence-electron chi connectivity index (χ3n) is 2.53. The molecule has 0 atom stereocenters. The zero-order chi connectivity index (χ0) is 13.1. The zero-order valence-electron chi connectivity index (χ0n) is 9.42. The highest BCUT2D eigenvalue weighted by Crippen LogP contribution is 2.28. The first kappa shape index (κ1) is 12.5. The van der Waals surface area contributed by atoms with Crippen molar-refractivity contribution in [3.8, 4) is 11.5 Å². The van der Waals surface area contributed by atoms with E-state index >= 15 is 0 Å². The number of rotatable bonds is 4. The summed E-state index contributed by atoms with van der Waals surface area (Å²) in [4.78, 5) is 10.2. The average Bonchev–Trinajstić information content (AvgIpc) is 2.69. The van der Waals surface area contributed by atoms with Crippen LogP contribution in [0.15, 0.2) is 12.1 Å². The highest BCUT2D eigenvalue weighted by Gasteiger charge is 2.32. The lowest BCUT2D eigenvalue weighted by Gasteiger charge is -2.12. The lowest BCUT2D eigenvalue weighted by molar-refractivity contribution is 0.191. The molecule has 1 amide bonds. The molecular weight excluding hydrogens is 241 g/mol. The molecule has 18 heavy (non-hydrogen) atoms. The number of amides is 1. The second-order valence-electron chi connectivity index (χ2n) is 3.73. The van der Waals surface area contributed by atoms with E-state index in [1.165, 1.54) is 6.07 Å². The fourth-order valence-corrected chi connectivity index (χ4v) is 1.74. The second-order valence-corrected chi connectivity index (χ2v) is 3.73. The molecule has 7 nitrogen and oxygen atoms in total. The molecule has 1 aromatic carbocycles. The Labute approximate surface area is 103 Å². The van der Waals surface area contributed by atoms with Crippen molar-refractivity contribution >= 4 is 18.7 Å². The monoisotopic (exact) mass is 253 g/mol. The van der Waals surface area contributed by atoms with E-state index in [9.17, 15) is 14.9 Å². The van der Waals surface area contributed by atoms with Crippen LogP contribution in [0.3, 0.4) is 0 Å². The van der Waals surface area contributed by atoms with E-state index in [4.69, 9.17) is 14.5 Å². The number of fused-ring (bicyclic) bond motifs is 1. The van der Waals surface area contributed by atoms with Gasteiger partial charge in [0.05, 0.1) is 13.2 Å². The van der Waals surface area contributed by atoms with Gasteiger partial charge in [-0.1, -0.05) is 6.07 Å². The van der Waals surface area contributed by atoms with Crippen molar-refractivity contribution in [1.29, 1.82) is 0 Å². The van der Waals surface area contributed by atoms with Gasteiger partial charge in [0.1, 0.15) is 6.61 Å². The Balaban J connectivity index is 2.08. The van der Waals surface area contributed by atoms with Crippen LogP contribution in [0.2, 0.25) is 0 Å². The summed E-state index contributed by atoms with van der Waals surface area (Å²) in [7, 11) is -1.13. The Morgan fingerprint density at radius 3 is 3.06 bits per heavy atom. The van der Waals surface area contributed by atoms with Crippen LogP contribution in [-0.4, -0.2) is 41.6 Å².